The standard InChI is InChI=1S/C14H20O4.C13H24O2.C9H15F3O2/c1-4-14(2,3)13(16)18-10-7-5-8-9(6-7)12(15)17-11(8)10;1-5-12(3,4)11(14)15-13(6-2)9-7-8-10-13;1-5-8(3,4)7(13)14-6(2)9(10,11)12/h7-11H,4-6H2,1-3H3;5-10H2,1-4H3;6H,5H2,1-4H3. The lowest BCUT2D eigenvalue weighted by molar-refractivity contribution is -0.221. The first-order valence-corrected chi connectivity index (χ1v) is 17.4. The van der Waals surface area contributed by atoms with E-state index in [0.29, 0.717) is 18.3 Å². The van der Waals surface area contributed by atoms with Gasteiger partial charge in [0.2, 0.25) is 0 Å². The van der Waals surface area contributed by atoms with Crippen LogP contribution in [0.4, 0.5) is 13.2 Å². The van der Waals surface area contributed by atoms with E-state index >= 15 is 0 Å². The van der Waals surface area contributed by atoms with E-state index in [-0.39, 0.29) is 47.0 Å². The molecule has 4 fully saturated rings. The third-order valence-corrected chi connectivity index (χ3v) is 11.2. The summed E-state index contributed by atoms with van der Waals surface area (Å²) in [5, 5.41) is 0. The number of carbonyl (C=O) groups excluding carboxylic acids is 4. The Kier molecular flexibility index (Phi) is 13.5. The minimum Gasteiger partial charge on any atom is -0.459 e. The molecule has 4 rings (SSSR count). The maximum atomic E-state index is 12.1. The lowest BCUT2D eigenvalue weighted by Gasteiger charge is -2.32. The van der Waals surface area contributed by atoms with E-state index in [9.17, 15) is 32.3 Å². The molecular formula is C36H59F3O8. The highest BCUT2D eigenvalue weighted by molar-refractivity contribution is 5.78. The van der Waals surface area contributed by atoms with Crippen LogP contribution in [-0.2, 0) is 38.1 Å². The summed E-state index contributed by atoms with van der Waals surface area (Å²) in [7, 11) is 0. The van der Waals surface area contributed by atoms with E-state index in [4.69, 9.17) is 14.2 Å². The molecule has 6 atom stereocenters. The van der Waals surface area contributed by atoms with Gasteiger partial charge < -0.3 is 18.9 Å². The highest BCUT2D eigenvalue weighted by Crippen LogP contribution is 2.55. The zero-order chi connectivity index (χ0) is 36.2. The Morgan fingerprint density at radius 3 is 1.79 bits per heavy atom. The molecule has 0 aromatic carbocycles. The summed E-state index contributed by atoms with van der Waals surface area (Å²) in [6, 6.07) is 0. The Morgan fingerprint density at radius 2 is 1.32 bits per heavy atom. The normalized spacial score (nSPS) is 26.7. The van der Waals surface area contributed by atoms with Crippen molar-refractivity contribution in [3.63, 3.8) is 0 Å². The van der Waals surface area contributed by atoms with E-state index in [1.807, 2.05) is 41.5 Å². The van der Waals surface area contributed by atoms with Gasteiger partial charge in [-0.2, -0.15) is 13.2 Å². The molecule has 0 spiro atoms. The third-order valence-electron chi connectivity index (χ3n) is 11.2. The van der Waals surface area contributed by atoms with Crippen molar-refractivity contribution in [2.24, 2.45) is 34.0 Å². The lowest BCUT2D eigenvalue weighted by atomic mass is 9.87. The Balaban J connectivity index is 0.000000248. The predicted octanol–water partition coefficient (Wildman–Crippen LogP) is 8.52. The maximum Gasteiger partial charge on any atom is 0.425 e. The van der Waals surface area contributed by atoms with Crippen molar-refractivity contribution in [2.45, 2.75) is 170 Å². The highest BCUT2D eigenvalue weighted by Gasteiger charge is 2.63. The van der Waals surface area contributed by atoms with E-state index < -0.39 is 29.1 Å². The fourth-order valence-corrected chi connectivity index (χ4v) is 6.05. The molecule has 0 amide bonds. The minimum absolute atomic E-state index is 0.0197. The van der Waals surface area contributed by atoms with E-state index in [0.717, 1.165) is 51.9 Å². The van der Waals surface area contributed by atoms with Gasteiger partial charge in [-0.1, -0.05) is 27.7 Å². The van der Waals surface area contributed by atoms with Crippen molar-refractivity contribution in [3.05, 3.63) is 0 Å². The van der Waals surface area contributed by atoms with Crippen molar-refractivity contribution < 1.29 is 51.3 Å². The van der Waals surface area contributed by atoms with Crippen LogP contribution in [0.3, 0.4) is 0 Å². The van der Waals surface area contributed by atoms with Crippen LogP contribution in [0.25, 0.3) is 0 Å². The average molecular weight is 677 g/mol. The topological polar surface area (TPSA) is 105 Å². The Bertz CT molecular complexity index is 1110. The largest absolute Gasteiger partial charge is 0.459 e. The summed E-state index contributed by atoms with van der Waals surface area (Å²) in [5.74, 6) is -0.381. The van der Waals surface area contributed by atoms with Gasteiger partial charge in [0.25, 0.3) is 0 Å². The molecule has 0 aromatic heterocycles. The maximum absolute atomic E-state index is 12.1. The minimum atomic E-state index is -4.49. The Morgan fingerprint density at radius 1 is 0.830 bits per heavy atom. The summed E-state index contributed by atoms with van der Waals surface area (Å²) in [4.78, 5) is 47.0. The van der Waals surface area contributed by atoms with Gasteiger partial charge in [0, 0.05) is 11.8 Å². The van der Waals surface area contributed by atoms with Crippen LogP contribution in [-0.4, -0.2) is 54.0 Å². The molecule has 47 heavy (non-hydrogen) atoms. The number of esters is 4. The predicted molar refractivity (Wildman–Crippen MR) is 171 cm³/mol. The molecule has 11 heteroatoms. The van der Waals surface area contributed by atoms with Crippen molar-refractivity contribution in [1.82, 2.24) is 0 Å². The number of hydrogen-bond donors (Lipinski definition) is 0. The molecule has 272 valence electrons. The molecule has 1 heterocycles. The molecule has 6 unspecified atom stereocenters. The Labute approximate surface area is 279 Å². The molecule has 0 radical (unpaired) electrons. The smallest absolute Gasteiger partial charge is 0.425 e. The summed E-state index contributed by atoms with van der Waals surface area (Å²) in [5.41, 5.74) is -1.78. The SMILES string of the molecule is CCC(C)(C)C(=O)OC(C)C(F)(F)F.CCC(C)(C)C(=O)OC1C2CC3C(=O)OC1C3C2.CCC1(OC(=O)C(C)(C)CC)CCCC1. The molecule has 2 bridgehead atoms. The van der Waals surface area contributed by atoms with E-state index in [1.165, 1.54) is 12.8 Å². The number of rotatable bonds is 10. The number of carbonyl (C=O) groups is 4. The first kappa shape index (κ1) is 40.8. The zero-order valence-corrected chi connectivity index (χ0v) is 30.4. The molecule has 3 saturated carbocycles. The van der Waals surface area contributed by atoms with Crippen LogP contribution < -0.4 is 0 Å². The fraction of sp³-hybridized carbons (Fsp3) is 0.889. The van der Waals surface area contributed by atoms with Gasteiger partial charge in [0.15, 0.2) is 6.10 Å². The number of hydrogen-bond acceptors (Lipinski definition) is 8. The van der Waals surface area contributed by atoms with Gasteiger partial charge in [-0.15, -0.1) is 0 Å². The summed E-state index contributed by atoms with van der Waals surface area (Å²) in [6.07, 6.45) is 2.41. The van der Waals surface area contributed by atoms with E-state index in [1.54, 1.807) is 20.8 Å². The first-order valence-electron chi connectivity index (χ1n) is 17.4. The number of ether oxygens (including phenoxy) is 4. The summed E-state index contributed by atoms with van der Waals surface area (Å²) in [6.45, 7) is 19.5. The molecular weight excluding hydrogens is 617 g/mol. The van der Waals surface area contributed by atoms with Crippen molar-refractivity contribution in [3.8, 4) is 0 Å². The molecule has 1 saturated heterocycles. The summed E-state index contributed by atoms with van der Waals surface area (Å²) < 4.78 is 57.2. The van der Waals surface area contributed by atoms with Crippen LogP contribution in [0.1, 0.15) is 140 Å². The number of alkyl halides is 3. The van der Waals surface area contributed by atoms with Crippen molar-refractivity contribution in [2.75, 3.05) is 0 Å². The second-order valence-corrected chi connectivity index (χ2v) is 15.7. The van der Waals surface area contributed by atoms with Gasteiger partial charge in [0.05, 0.1) is 22.2 Å². The van der Waals surface area contributed by atoms with Crippen LogP contribution >= 0.6 is 0 Å². The monoisotopic (exact) mass is 676 g/mol. The molecule has 3 aliphatic carbocycles. The van der Waals surface area contributed by atoms with Crippen LogP contribution in [0, 0.1) is 34.0 Å². The average Bonchev–Trinajstić information content (AvgIpc) is 3.77. The van der Waals surface area contributed by atoms with Crippen molar-refractivity contribution in [1.29, 1.82) is 0 Å². The quantitative estimate of drug-likeness (QED) is 0.168. The van der Waals surface area contributed by atoms with Gasteiger partial charge in [-0.05, 0) is 113 Å². The lowest BCUT2D eigenvalue weighted by Crippen LogP contribution is -2.39. The fourth-order valence-electron chi connectivity index (χ4n) is 6.05. The van der Waals surface area contributed by atoms with Gasteiger partial charge in [0.1, 0.15) is 17.8 Å². The second-order valence-electron chi connectivity index (χ2n) is 15.7. The van der Waals surface area contributed by atoms with Gasteiger partial charge >= 0.3 is 30.1 Å². The summed E-state index contributed by atoms with van der Waals surface area (Å²) >= 11 is 0. The third kappa shape index (κ3) is 9.87. The second kappa shape index (κ2) is 15.5. The zero-order valence-electron chi connectivity index (χ0n) is 30.4. The van der Waals surface area contributed by atoms with Gasteiger partial charge in [-0.3, -0.25) is 19.2 Å². The van der Waals surface area contributed by atoms with Crippen molar-refractivity contribution >= 4 is 23.9 Å². The molecule has 1 aliphatic heterocycles. The number of fused-ring (bicyclic) bond motifs is 1. The Hall–Kier alpha value is -2.33. The van der Waals surface area contributed by atoms with Crippen LogP contribution in [0.5, 0.6) is 0 Å². The van der Waals surface area contributed by atoms with Crippen LogP contribution in [0.15, 0.2) is 0 Å². The highest BCUT2D eigenvalue weighted by atomic mass is 19.4. The van der Waals surface area contributed by atoms with E-state index in [2.05, 4.69) is 11.7 Å². The molecule has 8 nitrogen and oxygen atoms in total. The number of halogens is 3. The molecule has 0 aromatic rings. The molecule has 0 N–H and O–H groups in total. The first-order chi connectivity index (χ1) is 21.5. The van der Waals surface area contributed by atoms with Gasteiger partial charge in [-0.25, -0.2) is 0 Å². The molecule has 4 aliphatic rings. The van der Waals surface area contributed by atoms with Crippen LogP contribution in [0.2, 0.25) is 0 Å².